The van der Waals surface area contributed by atoms with Gasteiger partial charge in [-0.1, -0.05) is 13.3 Å². The van der Waals surface area contributed by atoms with Crippen LogP contribution in [0.3, 0.4) is 0 Å². The molecule has 0 aliphatic carbocycles. The standard InChI is InChI=1S/C12H25N3O2/c1-2-3-8-17-11(16)4-5-12(13)9-14-6-7-15-10-12/h14-15H,2-10,13H2,1H3. The zero-order valence-electron chi connectivity index (χ0n) is 10.8. The molecule has 100 valence electrons. The highest BCUT2D eigenvalue weighted by atomic mass is 16.5. The number of carbonyl (C=O) groups is 1. The second-order valence-corrected chi connectivity index (χ2v) is 4.79. The molecule has 1 fully saturated rings. The summed E-state index contributed by atoms with van der Waals surface area (Å²) < 4.78 is 5.11. The summed E-state index contributed by atoms with van der Waals surface area (Å²) in [5, 5.41) is 6.55. The van der Waals surface area contributed by atoms with Gasteiger partial charge in [0, 0.05) is 38.1 Å². The van der Waals surface area contributed by atoms with E-state index in [1.54, 1.807) is 0 Å². The molecule has 0 bridgehead atoms. The molecular formula is C12H25N3O2. The molecule has 5 heteroatoms. The Labute approximate surface area is 103 Å². The Bertz CT molecular complexity index is 226. The monoisotopic (exact) mass is 243 g/mol. The van der Waals surface area contributed by atoms with E-state index in [1.807, 2.05) is 0 Å². The molecule has 1 rings (SSSR count). The molecule has 4 N–H and O–H groups in total. The van der Waals surface area contributed by atoms with Crippen molar-refractivity contribution in [3.05, 3.63) is 0 Å². The average Bonchev–Trinajstić information content (AvgIpc) is 2.53. The second kappa shape index (κ2) is 7.63. The quantitative estimate of drug-likeness (QED) is 0.452. The van der Waals surface area contributed by atoms with E-state index in [-0.39, 0.29) is 11.5 Å². The number of ether oxygens (including phenoxy) is 1. The summed E-state index contributed by atoms with van der Waals surface area (Å²) in [6.07, 6.45) is 3.05. The van der Waals surface area contributed by atoms with Crippen molar-refractivity contribution in [2.24, 2.45) is 5.73 Å². The first-order valence-electron chi connectivity index (χ1n) is 6.52. The van der Waals surface area contributed by atoms with E-state index in [1.165, 1.54) is 0 Å². The van der Waals surface area contributed by atoms with E-state index in [4.69, 9.17) is 10.5 Å². The lowest BCUT2D eigenvalue weighted by atomic mass is 9.94. The van der Waals surface area contributed by atoms with Gasteiger partial charge in [-0.05, 0) is 12.8 Å². The van der Waals surface area contributed by atoms with E-state index in [0.29, 0.717) is 19.4 Å². The maximum absolute atomic E-state index is 11.5. The van der Waals surface area contributed by atoms with E-state index in [2.05, 4.69) is 17.6 Å². The number of carbonyl (C=O) groups excluding carboxylic acids is 1. The van der Waals surface area contributed by atoms with Gasteiger partial charge in [-0.2, -0.15) is 0 Å². The fourth-order valence-corrected chi connectivity index (χ4v) is 1.84. The van der Waals surface area contributed by atoms with Gasteiger partial charge in [0.1, 0.15) is 0 Å². The summed E-state index contributed by atoms with van der Waals surface area (Å²) in [5.41, 5.74) is 5.90. The summed E-state index contributed by atoms with van der Waals surface area (Å²) >= 11 is 0. The van der Waals surface area contributed by atoms with Crippen LogP contribution < -0.4 is 16.4 Å². The van der Waals surface area contributed by atoms with Crippen molar-refractivity contribution in [2.45, 2.75) is 38.1 Å². The number of unbranched alkanes of at least 4 members (excludes halogenated alkanes) is 1. The molecule has 0 radical (unpaired) electrons. The lowest BCUT2D eigenvalue weighted by molar-refractivity contribution is -0.144. The third-order valence-electron chi connectivity index (χ3n) is 3.02. The number of esters is 1. The lowest BCUT2D eigenvalue weighted by Gasteiger charge is -2.27. The van der Waals surface area contributed by atoms with E-state index in [0.717, 1.165) is 39.0 Å². The summed E-state index contributed by atoms with van der Waals surface area (Å²) in [5.74, 6) is -0.132. The summed E-state index contributed by atoms with van der Waals surface area (Å²) in [6.45, 7) is 5.97. The van der Waals surface area contributed by atoms with Gasteiger partial charge in [0.05, 0.1) is 6.61 Å². The zero-order chi connectivity index (χ0) is 12.6. The molecule has 0 atom stereocenters. The maximum Gasteiger partial charge on any atom is 0.305 e. The van der Waals surface area contributed by atoms with Crippen LogP contribution in [0.15, 0.2) is 0 Å². The predicted molar refractivity (Wildman–Crippen MR) is 67.8 cm³/mol. The first-order valence-corrected chi connectivity index (χ1v) is 6.52. The largest absolute Gasteiger partial charge is 0.466 e. The zero-order valence-corrected chi connectivity index (χ0v) is 10.8. The van der Waals surface area contributed by atoms with Crippen molar-refractivity contribution in [1.29, 1.82) is 0 Å². The number of hydrogen-bond donors (Lipinski definition) is 3. The van der Waals surface area contributed by atoms with Gasteiger partial charge in [0.2, 0.25) is 0 Å². The van der Waals surface area contributed by atoms with E-state index >= 15 is 0 Å². The summed E-state index contributed by atoms with van der Waals surface area (Å²) in [4.78, 5) is 11.5. The second-order valence-electron chi connectivity index (χ2n) is 4.79. The molecule has 1 aliphatic rings. The SMILES string of the molecule is CCCCOC(=O)CCC1(N)CNCCNC1. The van der Waals surface area contributed by atoms with Crippen molar-refractivity contribution in [3.63, 3.8) is 0 Å². The molecule has 0 spiro atoms. The third kappa shape index (κ3) is 6.00. The average molecular weight is 243 g/mol. The van der Waals surface area contributed by atoms with Crippen LogP contribution in [0.4, 0.5) is 0 Å². The van der Waals surface area contributed by atoms with Crippen LogP contribution in [0.1, 0.15) is 32.6 Å². The Morgan fingerprint density at radius 2 is 2.00 bits per heavy atom. The number of nitrogens with one attached hydrogen (secondary N) is 2. The highest BCUT2D eigenvalue weighted by Gasteiger charge is 2.26. The minimum atomic E-state index is -0.333. The van der Waals surface area contributed by atoms with Crippen LogP contribution in [0.5, 0.6) is 0 Å². The summed E-state index contributed by atoms with van der Waals surface area (Å²) in [7, 11) is 0. The Balaban J connectivity index is 2.20. The minimum absolute atomic E-state index is 0.132. The number of rotatable bonds is 6. The molecule has 0 aromatic rings. The Kier molecular flexibility index (Phi) is 6.47. The van der Waals surface area contributed by atoms with Gasteiger partial charge in [-0.25, -0.2) is 0 Å². The lowest BCUT2D eigenvalue weighted by Crippen LogP contribution is -2.53. The topological polar surface area (TPSA) is 76.4 Å². The normalized spacial score (nSPS) is 19.6. The highest BCUT2D eigenvalue weighted by molar-refractivity contribution is 5.69. The molecular weight excluding hydrogens is 218 g/mol. The van der Waals surface area contributed by atoms with Gasteiger partial charge in [0.25, 0.3) is 0 Å². The molecule has 0 amide bonds. The smallest absolute Gasteiger partial charge is 0.305 e. The Morgan fingerprint density at radius 1 is 1.35 bits per heavy atom. The first-order chi connectivity index (χ1) is 8.16. The Hall–Kier alpha value is -0.650. The third-order valence-corrected chi connectivity index (χ3v) is 3.02. The van der Waals surface area contributed by atoms with Crippen molar-refractivity contribution >= 4 is 5.97 Å². The Morgan fingerprint density at radius 3 is 2.59 bits per heavy atom. The fraction of sp³-hybridized carbons (Fsp3) is 0.917. The predicted octanol–water partition coefficient (Wildman–Crippen LogP) is 0.000200. The minimum Gasteiger partial charge on any atom is -0.466 e. The van der Waals surface area contributed by atoms with Crippen LogP contribution in [-0.4, -0.2) is 44.3 Å². The number of hydrogen-bond acceptors (Lipinski definition) is 5. The van der Waals surface area contributed by atoms with Gasteiger partial charge >= 0.3 is 5.97 Å². The molecule has 0 aromatic carbocycles. The number of nitrogens with two attached hydrogens (primary N) is 1. The molecule has 0 aromatic heterocycles. The van der Waals surface area contributed by atoms with Crippen molar-refractivity contribution < 1.29 is 9.53 Å². The van der Waals surface area contributed by atoms with Gasteiger partial charge < -0.3 is 21.1 Å². The van der Waals surface area contributed by atoms with E-state index in [9.17, 15) is 4.79 Å². The van der Waals surface area contributed by atoms with Gasteiger partial charge in [-0.15, -0.1) is 0 Å². The fourth-order valence-electron chi connectivity index (χ4n) is 1.84. The van der Waals surface area contributed by atoms with Crippen molar-refractivity contribution in [1.82, 2.24) is 10.6 Å². The first kappa shape index (κ1) is 14.4. The van der Waals surface area contributed by atoms with Crippen LogP contribution in [0.25, 0.3) is 0 Å². The van der Waals surface area contributed by atoms with Crippen molar-refractivity contribution in [3.8, 4) is 0 Å². The van der Waals surface area contributed by atoms with Crippen LogP contribution in [-0.2, 0) is 9.53 Å². The van der Waals surface area contributed by atoms with Crippen LogP contribution in [0, 0.1) is 0 Å². The molecule has 1 heterocycles. The van der Waals surface area contributed by atoms with Crippen LogP contribution in [0.2, 0.25) is 0 Å². The highest BCUT2D eigenvalue weighted by Crippen LogP contribution is 2.10. The van der Waals surface area contributed by atoms with Crippen molar-refractivity contribution in [2.75, 3.05) is 32.8 Å². The molecule has 0 saturated carbocycles. The molecule has 1 aliphatic heterocycles. The van der Waals surface area contributed by atoms with Gasteiger partial charge in [-0.3, -0.25) is 4.79 Å². The maximum atomic E-state index is 11.5. The van der Waals surface area contributed by atoms with Crippen LogP contribution >= 0.6 is 0 Å². The van der Waals surface area contributed by atoms with Gasteiger partial charge in [0.15, 0.2) is 0 Å². The molecule has 0 unspecified atom stereocenters. The summed E-state index contributed by atoms with van der Waals surface area (Å²) in [6, 6.07) is 0. The molecule has 17 heavy (non-hydrogen) atoms. The molecule has 1 saturated heterocycles. The molecule has 5 nitrogen and oxygen atoms in total. The van der Waals surface area contributed by atoms with E-state index < -0.39 is 0 Å².